The molecule has 1 atom stereocenters. The highest BCUT2D eigenvalue weighted by molar-refractivity contribution is 5.80. The Hall–Kier alpha value is -3.42. The van der Waals surface area contributed by atoms with Crippen molar-refractivity contribution in [2.45, 2.75) is 38.9 Å². The van der Waals surface area contributed by atoms with Crippen molar-refractivity contribution in [3.8, 4) is 11.1 Å². The Morgan fingerprint density at radius 1 is 0.914 bits per heavy atom. The number of carbonyl (C=O) groups is 1. The molecule has 186 valence electrons. The smallest absolute Gasteiger partial charge is 0.416 e. The van der Waals surface area contributed by atoms with Crippen LogP contribution in [0.1, 0.15) is 42.9 Å². The van der Waals surface area contributed by atoms with Crippen LogP contribution in [-0.2, 0) is 22.3 Å². The molecular formula is C27H26F5NO2. The number of esters is 1. The van der Waals surface area contributed by atoms with Crippen molar-refractivity contribution in [3.63, 3.8) is 0 Å². The van der Waals surface area contributed by atoms with Crippen molar-refractivity contribution in [1.29, 1.82) is 0 Å². The molecular weight excluding hydrogens is 465 g/mol. The Labute approximate surface area is 200 Å². The second-order valence-corrected chi connectivity index (χ2v) is 8.76. The number of hydrogen-bond donors (Lipinski definition) is 1. The van der Waals surface area contributed by atoms with Gasteiger partial charge in [0.25, 0.3) is 0 Å². The second-order valence-electron chi connectivity index (χ2n) is 8.76. The van der Waals surface area contributed by atoms with Crippen LogP contribution in [0.15, 0.2) is 60.7 Å². The summed E-state index contributed by atoms with van der Waals surface area (Å²) in [5.41, 5.74) is 1.87. The number of benzene rings is 3. The molecule has 3 aromatic rings. The highest BCUT2D eigenvalue weighted by Crippen LogP contribution is 2.35. The van der Waals surface area contributed by atoms with Gasteiger partial charge < -0.3 is 10.1 Å². The predicted molar refractivity (Wildman–Crippen MR) is 125 cm³/mol. The van der Waals surface area contributed by atoms with Gasteiger partial charge in [0.15, 0.2) is 0 Å². The summed E-state index contributed by atoms with van der Waals surface area (Å²) in [5.74, 6) is -2.27. The number of anilines is 1. The van der Waals surface area contributed by atoms with Crippen LogP contribution in [0.5, 0.6) is 0 Å². The van der Waals surface area contributed by atoms with E-state index in [1.165, 1.54) is 31.4 Å². The van der Waals surface area contributed by atoms with E-state index >= 15 is 0 Å². The zero-order chi connectivity index (χ0) is 25.8. The summed E-state index contributed by atoms with van der Waals surface area (Å²) in [5, 5.41) is 3.10. The number of hydrogen-bond acceptors (Lipinski definition) is 3. The average Bonchev–Trinajstić information content (AvgIpc) is 2.79. The van der Waals surface area contributed by atoms with Gasteiger partial charge in [0, 0.05) is 18.3 Å². The van der Waals surface area contributed by atoms with Crippen molar-refractivity contribution in [3.05, 3.63) is 89.0 Å². The van der Waals surface area contributed by atoms with Crippen LogP contribution in [0.4, 0.5) is 27.6 Å². The SMILES string of the molecule is COC(=O)C(CC(C)C)c1cc(NCc2cc(F)cc(F)c2)cc(-c2ccc(C(F)(F)F)cc2)c1. The van der Waals surface area contributed by atoms with Crippen molar-refractivity contribution < 1.29 is 31.5 Å². The number of rotatable bonds is 8. The molecule has 1 unspecified atom stereocenters. The first kappa shape index (κ1) is 26.2. The van der Waals surface area contributed by atoms with Crippen LogP contribution >= 0.6 is 0 Å². The number of ether oxygens (including phenoxy) is 1. The third-order valence-electron chi connectivity index (χ3n) is 5.52. The fourth-order valence-electron chi connectivity index (χ4n) is 3.87. The van der Waals surface area contributed by atoms with E-state index in [0.717, 1.165) is 18.2 Å². The monoisotopic (exact) mass is 491 g/mol. The molecule has 0 saturated carbocycles. The van der Waals surface area contributed by atoms with E-state index in [1.807, 2.05) is 13.8 Å². The first-order valence-corrected chi connectivity index (χ1v) is 11.1. The Kier molecular flexibility index (Phi) is 8.14. The maximum atomic E-state index is 13.6. The lowest BCUT2D eigenvalue weighted by atomic mass is 9.88. The highest BCUT2D eigenvalue weighted by Gasteiger charge is 2.30. The normalized spacial score (nSPS) is 12.5. The Morgan fingerprint density at radius 2 is 1.54 bits per heavy atom. The van der Waals surface area contributed by atoms with E-state index in [0.29, 0.717) is 34.4 Å². The molecule has 0 saturated heterocycles. The van der Waals surface area contributed by atoms with E-state index in [4.69, 9.17) is 4.74 Å². The minimum absolute atomic E-state index is 0.0949. The Balaban J connectivity index is 2.03. The summed E-state index contributed by atoms with van der Waals surface area (Å²) in [6.07, 6.45) is -3.96. The van der Waals surface area contributed by atoms with Gasteiger partial charge in [0.1, 0.15) is 11.6 Å². The van der Waals surface area contributed by atoms with Gasteiger partial charge in [-0.15, -0.1) is 0 Å². The molecule has 0 heterocycles. The summed E-state index contributed by atoms with van der Waals surface area (Å²) in [4.78, 5) is 12.6. The van der Waals surface area contributed by atoms with Gasteiger partial charge in [-0.25, -0.2) is 8.78 Å². The quantitative estimate of drug-likeness (QED) is 0.261. The van der Waals surface area contributed by atoms with E-state index < -0.39 is 35.3 Å². The summed E-state index contributed by atoms with van der Waals surface area (Å²) in [6, 6.07) is 13.1. The zero-order valence-corrected chi connectivity index (χ0v) is 19.5. The number of alkyl halides is 3. The third kappa shape index (κ3) is 7.04. The van der Waals surface area contributed by atoms with Crippen LogP contribution in [0, 0.1) is 17.6 Å². The number of halogens is 5. The third-order valence-corrected chi connectivity index (χ3v) is 5.52. The lowest BCUT2D eigenvalue weighted by Gasteiger charge is -2.20. The molecule has 1 N–H and O–H groups in total. The lowest BCUT2D eigenvalue weighted by molar-refractivity contribution is -0.143. The van der Waals surface area contributed by atoms with Crippen LogP contribution < -0.4 is 5.32 Å². The topological polar surface area (TPSA) is 38.3 Å². The molecule has 35 heavy (non-hydrogen) atoms. The fourth-order valence-corrected chi connectivity index (χ4v) is 3.87. The average molecular weight is 492 g/mol. The summed E-state index contributed by atoms with van der Waals surface area (Å²) in [6.45, 7) is 4.03. The van der Waals surface area contributed by atoms with Crippen LogP contribution in [-0.4, -0.2) is 13.1 Å². The van der Waals surface area contributed by atoms with E-state index in [9.17, 15) is 26.7 Å². The molecule has 0 spiro atoms. The van der Waals surface area contributed by atoms with Gasteiger partial charge in [-0.1, -0.05) is 32.0 Å². The van der Waals surface area contributed by atoms with E-state index in [2.05, 4.69) is 5.32 Å². The summed E-state index contributed by atoms with van der Waals surface area (Å²) < 4.78 is 71.2. The standard InChI is InChI=1S/C27H26F5NO2/c1-16(2)8-25(26(34)35-3)20-11-19(18-4-6-21(7-5-18)27(30,31)32)12-24(13-20)33-15-17-9-22(28)14-23(29)10-17/h4-7,9-14,16,25,33H,8,15H2,1-3H3. The van der Waals surface area contributed by atoms with Crippen molar-refractivity contribution in [1.82, 2.24) is 0 Å². The summed E-state index contributed by atoms with van der Waals surface area (Å²) in [7, 11) is 1.30. The highest BCUT2D eigenvalue weighted by atomic mass is 19.4. The predicted octanol–water partition coefficient (Wildman–Crippen LogP) is 7.57. The molecule has 0 aliphatic carbocycles. The molecule has 0 aliphatic rings. The number of methoxy groups -OCH3 is 1. The van der Waals surface area contributed by atoms with Gasteiger partial charge in [-0.2, -0.15) is 13.2 Å². The van der Waals surface area contributed by atoms with Gasteiger partial charge in [-0.3, -0.25) is 4.79 Å². The molecule has 3 aromatic carbocycles. The van der Waals surface area contributed by atoms with Gasteiger partial charge in [0.2, 0.25) is 0 Å². The Morgan fingerprint density at radius 3 is 2.09 bits per heavy atom. The van der Waals surface area contributed by atoms with E-state index in [-0.39, 0.29) is 12.5 Å². The molecule has 0 radical (unpaired) electrons. The van der Waals surface area contributed by atoms with Crippen molar-refractivity contribution in [2.24, 2.45) is 5.92 Å². The first-order chi connectivity index (χ1) is 16.5. The van der Waals surface area contributed by atoms with Crippen LogP contribution in [0.2, 0.25) is 0 Å². The minimum Gasteiger partial charge on any atom is -0.469 e. The summed E-state index contributed by atoms with van der Waals surface area (Å²) >= 11 is 0. The molecule has 8 heteroatoms. The van der Waals surface area contributed by atoms with E-state index in [1.54, 1.807) is 18.2 Å². The molecule has 3 nitrogen and oxygen atoms in total. The van der Waals surface area contributed by atoms with Gasteiger partial charge >= 0.3 is 12.1 Å². The first-order valence-electron chi connectivity index (χ1n) is 11.1. The Bertz CT molecular complexity index is 1150. The van der Waals surface area contributed by atoms with Gasteiger partial charge in [0.05, 0.1) is 18.6 Å². The lowest BCUT2D eigenvalue weighted by Crippen LogP contribution is -2.17. The molecule has 0 bridgehead atoms. The van der Waals surface area contributed by atoms with Gasteiger partial charge in [-0.05, 0) is 71.0 Å². The molecule has 0 fully saturated rings. The number of nitrogens with one attached hydrogen (secondary N) is 1. The zero-order valence-electron chi connectivity index (χ0n) is 19.5. The molecule has 3 rings (SSSR count). The maximum Gasteiger partial charge on any atom is 0.416 e. The molecule has 0 aliphatic heterocycles. The maximum absolute atomic E-state index is 13.6. The molecule has 0 aromatic heterocycles. The second kappa shape index (κ2) is 10.9. The largest absolute Gasteiger partial charge is 0.469 e. The van der Waals surface area contributed by atoms with Crippen molar-refractivity contribution >= 4 is 11.7 Å². The minimum atomic E-state index is -4.46. The van der Waals surface area contributed by atoms with Crippen LogP contribution in [0.25, 0.3) is 11.1 Å². The molecule has 0 amide bonds. The van der Waals surface area contributed by atoms with Crippen molar-refractivity contribution in [2.75, 3.05) is 12.4 Å². The fraction of sp³-hybridized carbons (Fsp3) is 0.296. The van der Waals surface area contributed by atoms with Crippen LogP contribution in [0.3, 0.4) is 0 Å². The number of carbonyl (C=O) groups excluding carboxylic acids is 1.